The molecular weight excluding hydrogens is 346 g/mol. The maximum atomic E-state index is 13.5. The van der Waals surface area contributed by atoms with Crippen LogP contribution in [0.1, 0.15) is 48.5 Å². The van der Waals surface area contributed by atoms with Gasteiger partial charge in [-0.25, -0.2) is 0 Å². The number of benzene rings is 3. The Kier molecular flexibility index (Phi) is 5.16. The fourth-order valence-corrected chi connectivity index (χ4v) is 3.95. The molecule has 0 fully saturated rings. The number of phenolic OH excluding ortho intramolecular Hbond substituents is 1. The van der Waals surface area contributed by atoms with Crippen molar-refractivity contribution in [2.24, 2.45) is 0 Å². The molecule has 0 saturated carbocycles. The number of unbranched alkanes of at least 4 members (excludes halogenated alkanes) is 3. The fraction of sp³-hybridized carbons (Fsp3) is 0.240. The number of carbonyl (C=O) groups excluding carboxylic acids is 1. The van der Waals surface area contributed by atoms with Crippen molar-refractivity contribution in [2.75, 3.05) is 0 Å². The molecule has 0 bridgehead atoms. The second-order valence-electron chi connectivity index (χ2n) is 7.32. The van der Waals surface area contributed by atoms with Crippen LogP contribution in [0.25, 0.3) is 21.7 Å². The molecule has 1 N–H and O–H groups in total. The molecule has 1 aromatic heterocycles. The average Bonchev–Trinajstić information content (AvgIpc) is 3.10. The van der Waals surface area contributed by atoms with E-state index in [1.807, 2.05) is 48.7 Å². The lowest BCUT2D eigenvalue weighted by molar-refractivity contribution is 0.104. The zero-order valence-corrected chi connectivity index (χ0v) is 16.2. The summed E-state index contributed by atoms with van der Waals surface area (Å²) in [6.07, 6.45) is 6.77. The molecule has 0 aliphatic carbocycles. The van der Waals surface area contributed by atoms with Crippen LogP contribution in [0.2, 0.25) is 0 Å². The van der Waals surface area contributed by atoms with Crippen LogP contribution >= 0.6 is 0 Å². The molecule has 142 valence electrons. The van der Waals surface area contributed by atoms with Gasteiger partial charge in [-0.3, -0.25) is 4.79 Å². The molecular formula is C25H25NO2. The molecule has 4 rings (SSSR count). The largest absolute Gasteiger partial charge is 0.507 e. The monoisotopic (exact) mass is 371 g/mol. The predicted octanol–water partition coefficient (Wildman–Crippen LogP) is 6.31. The van der Waals surface area contributed by atoms with Gasteiger partial charge in [0.25, 0.3) is 0 Å². The van der Waals surface area contributed by atoms with Crippen molar-refractivity contribution in [2.45, 2.75) is 39.2 Å². The van der Waals surface area contributed by atoms with Crippen molar-refractivity contribution < 1.29 is 9.90 Å². The zero-order valence-electron chi connectivity index (χ0n) is 16.2. The van der Waals surface area contributed by atoms with Crippen molar-refractivity contribution in [1.29, 1.82) is 0 Å². The van der Waals surface area contributed by atoms with E-state index >= 15 is 0 Å². The summed E-state index contributed by atoms with van der Waals surface area (Å²) in [5.41, 5.74) is 2.45. The van der Waals surface area contributed by atoms with Crippen LogP contribution in [0.3, 0.4) is 0 Å². The molecule has 3 heteroatoms. The van der Waals surface area contributed by atoms with Crippen LogP contribution in [0, 0.1) is 0 Å². The Morgan fingerprint density at radius 1 is 0.821 bits per heavy atom. The topological polar surface area (TPSA) is 42.2 Å². The summed E-state index contributed by atoms with van der Waals surface area (Å²) in [5, 5.41) is 12.6. The van der Waals surface area contributed by atoms with Gasteiger partial charge in [0, 0.05) is 40.2 Å². The number of hydrogen-bond donors (Lipinski definition) is 1. The van der Waals surface area contributed by atoms with E-state index in [9.17, 15) is 9.90 Å². The fourth-order valence-electron chi connectivity index (χ4n) is 3.95. The van der Waals surface area contributed by atoms with E-state index in [1.54, 1.807) is 12.1 Å². The highest BCUT2D eigenvalue weighted by Crippen LogP contribution is 2.31. The first-order chi connectivity index (χ1) is 13.7. The number of aryl methyl sites for hydroxylation is 1. The lowest BCUT2D eigenvalue weighted by atomic mass is 9.96. The lowest BCUT2D eigenvalue weighted by Crippen LogP contribution is -2.02. The van der Waals surface area contributed by atoms with E-state index in [-0.39, 0.29) is 11.5 Å². The Labute approximate surface area is 165 Å². The van der Waals surface area contributed by atoms with Crippen molar-refractivity contribution in [3.05, 3.63) is 78.0 Å². The number of rotatable bonds is 7. The molecule has 4 aromatic rings. The van der Waals surface area contributed by atoms with Gasteiger partial charge in [0.1, 0.15) is 5.75 Å². The van der Waals surface area contributed by atoms with Gasteiger partial charge < -0.3 is 9.67 Å². The van der Waals surface area contributed by atoms with Crippen molar-refractivity contribution in [3.63, 3.8) is 0 Å². The minimum atomic E-state index is -0.000270. The second kappa shape index (κ2) is 7.89. The maximum absolute atomic E-state index is 13.5. The number of para-hydroxylation sites is 1. The highest BCUT2D eigenvalue weighted by atomic mass is 16.3. The number of hydrogen-bond acceptors (Lipinski definition) is 2. The molecule has 0 saturated heterocycles. The van der Waals surface area contributed by atoms with Crippen LogP contribution in [-0.4, -0.2) is 15.5 Å². The Morgan fingerprint density at radius 3 is 2.32 bits per heavy atom. The standard InChI is InChI=1S/C25H25NO2/c1-2-3-4-9-16-26-17-22(19-11-7-8-13-23(19)26)25(28)21-14-15-24(27)20-12-6-5-10-18(20)21/h5-8,10-15,17,27H,2-4,9,16H2,1H3. The number of aromatic nitrogens is 1. The molecule has 0 unspecified atom stereocenters. The number of fused-ring (bicyclic) bond motifs is 2. The predicted molar refractivity (Wildman–Crippen MR) is 115 cm³/mol. The zero-order chi connectivity index (χ0) is 19.5. The van der Waals surface area contributed by atoms with Gasteiger partial charge in [0.2, 0.25) is 0 Å². The Balaban J connectivity index is 1.77. The van der Waals surface area contributed by atoms with Gasteiger partial charge in [-0.15, -0.1) is 0 Å². The van der Waals surface area contributed by atoms with Crippen LogP contribution in [0.4, 0.5) is 0 Å². The van der Waals surface area contributed by atoms with Crippen LogP contribution in [-0.2, 0) is 6.54 Å². The lowest BCUT2D eigenvalue weighted by Gasteiger charge is -2.07. The quantitative estimate of drug-likeness (QED) is 0.305. The smallest absolute Gasteiger partial charge is 0.195 e. The molecule has 0 radical (unpaired) electrons. The third-order valence-electron chi connectivity index (χ3n) is 5.43. The van der Waals surface area contributed by atoms with E-state index in [0.29, 0.717) is 10.9 Å². The minimum Gasteiger partial charge on any atom is -0.507 e. The third kappa shape index (κ3) is 3.29. The SMILES string of the molecule is CCCCCCn1cc(C(=O)c2ccc(O)c3ccccc23)c2ccccc21. The molecule has 1 heterocycles. The molecule has 0 atom stereocenters. The molecule has 0 spiro atoms. The average molecular weight is 371 g/mol. The van der Waals surface area contributed by atoms with E-state index in [4.69, 9.17) is 0 Å². The molecule has 0 amide bonds. The van der Waals surface area contributed by atoms with Crippen LogP contribution in [0.15, 0.2) is 66.9 Å². The number of aromatic hydroxyl groups is 1. The first-order valence-corrected chi connectivity index (χ1v) is 10.0. The van der Waals surface area contributed by atoms with Crippen LogP contribution in [0.5, 0.6) is 5.75 Å². The molecule has 28 heavy (non-hydrogen) atoms. The molecule has 0 aliphatic heterocycles. The Morgan fingerprint density at radius 2 is 1.54 bits per heavy atom. The van der Waals surface area contributed by atoms with E-state index in [2.05, 4.69) is 17.6 Å². The highest BCUT2D eigenvalue weighted by molar-refractivity contribution is 6.21. The summed E-state index contributed by atoms with van der Waals surface area (Å²) in [7, 11) is 0. The van der Waals surface area contributed by atoms with Gasteiger partial charge in [-0.1, -0.05) is 68.7 Å². The summed E-state index contributed by atoms with van der Waals surface area (Å²) < 4.78 is 2.21. The summed E-state index contributed by atoms with van der Waals surface area (Å²) in [5.74, 6) is 0.199. The summed E-state index contributed by atoms with van der Waals surface area (Å²) in [4.78, 5) is 13.5. The van der Waals surface area contributed by atoms with Crippen molar-refractivity contribution in [3.8, 4) is 5.75 Å². The highest BCUT2D eigenvalue weighted by Gasteiger charge is 2.19. The summed E-state index contributed by atoms with van der Waals surface area (Å²) >= 11 is 0. The third-order valence-corrected chi connectivity index (χ3v) is 5.43. The van der Waals surface area contributed by atoms with E-state index < -0.39 is 0 Å². The van der Waals surface area contributed by atoms with E-state index in [0.717, 1.165) is 34.8 Å². The van der Waals surface area contributed by atoms with Crippen molar-refractivity contribution in [1.82, 2.24) is 4.57 Å². The normalized spacial score (nSPS) is 11.3. The number of carbonyl (C=O) groups is 1. The molecule has 0 aliphatic rings. The number of ketones is 1. The summed E-state index contributed by atoms with van der Waals surface area (Å²) in [6.45, 7) is 3.13. The first kappa shape index (κ1) is 18.3. The van der Waals surface area contributed by atoms with Gasteiger partial charge >= 0.3 is 0 Å². The minimum absolute atomic E-state index is 0.000270. The van der Waals surface area contributed by atoms with Gasteiger partial charge in [-0.05, 0) is 30.0 Å². The van der Waals surface area contributed by atoms with Gasteiger partial charge in [0.15, 0.2) is 5.78 Å². The maximum Gasteiger partial charge on any atom is 0.195 e. The van der Waals surface area contributed by atoms with Crippen molar-refractivity contribution >= 4 is 27.5 Å². The van der Waals surface area contributed by atoms with Gasteiger partial charge in [-0.2, -0.15) is 0 Å². The summed E-state index contributed by atoms with van der Waals surface area (Å²) in [6, 6.07) is 19.0. The molecule has 3 nitrogen and oxygen atoms in total. The van der Waals surface area contributed by atoms with E-state index in [1.165, 1.54) is 19.3 Å². The second-order valence-corrected chi connectivity index (χ2v) is 7.32. The van der Waals surface area contributed by atoms with Crippen LogP contribution < -0.4 is 0 Å². The van der Waals surface area contributed by atoms with Gasteiger partial charge in [0.05, 0.1) is 0 Å². The Bertz CT molecular complexity index is 1140. The number of nitrogens with zero attached hydrogens (tertiary/aromatic N) is 1. The first-order valence-electron chi connectivity index (χ1n) is 10.0. The Hall–Kier alpha value is -3.07. The molecule has 3 aromatic carbocycles. The number of phenols is 1.